The van der Waals surface area contributed by atoms with E-state index < -0.39 is 0 Å². The molecule has 0 spiro atoms. The molecule has 3 rings (SSSR count). The van der Waals surface area contributed by atoms with E-state index in [-0.39, 0.29) is 11.9 Å². The first-order valence-electron chi connectivity index (χ1n) is 10.4. The number of methoxy groups -OCH3 is 2. The first-order chi connectivity index (χ1) is 13.1. The number of nitrogens with one attached hydrogen (secondary N) is 1. The van der Waals surface area contributed by atoms with Crippen molar-refractivity contribution >= 4 is 5.91 Å². The molecule has 1 saturated heterocycles. The van der Waals surface area contributed by atoms with Gasteiger partial charge in [-0.3, -0.25) is 9.69 Å². The molecule has 0 bridgehead atoms. The van der Waals surface area contributed by atoms with E-state index in [0.717, 1.165) is 29.5 Å². The van der Waals surface area contributed by atoms with Crippen molar-refractivity contribution < 1.29 is 14.3 Å². The van der Waals surface area contributed by atoms with E-state index in [1.165, 1.54) is 44.9 Å². The summed E-state index contributed by atoms with van der Waals surface area (Å²) in [6, 6.07) is 6.16. The van der Waals surface area contributed by atoms with Gasteiger partial charge in [-0.1, -0.05) is 19.3 Å². The fourth-order valence-corrected chi connectivity index (χ4v) is 4.83. The van der Waals surface area contributed by atoms with E-state index in [1.807, 2.05) is 25.1 Å². The molecule has 1 aromatic rings. The number of carbonyl (C=O) groups excluding carboxylic acids is 1. The van der Waals surface area contributed by atoms with Crippen molar-refractivity contribution in [2.75, 3.05) is 27.3 Å². The molecule has 0 radical (unpaired) electrons. The summed E-state index contributed by atoms with van der Waals surface area (Å²) >= 11 is 0. The Labute approximate surface area is 163 Å². The predicted octanol–water partition coefficient (Wildman–Crippen LogP) is 3.93. The van der Waals surface area contributed by atoms with Crippen molar-refractivity contribution in [3.05, 3.63) is 23.8 Å². The van der Waals surface area contributed by atoms with Crippen LogP contribution in [0.4, 0.5) is 0 Å². The molecule has 1 aliphatic heterocycles. The minimum absolute atomic E-state index is 0.0927. The molecule has 5 nitrogen and oxygen atoms in total. The van der Waals surface area contributed by atoms with Gasteiger partial charge in [0.25, 0.3) is 0 Å². The number of amides is 1. The van der Waals surface area contributed by atoms with Crippen LogP contribution in [0.5, 0.6) is 11.5 Å². The molecule has 1 aromatic carbocycles. The topological polar surface area (TPSA) is 50.8 Å². The van der Waals surface area contributed by atoms with Crippen molar-refractivity contribution in [3.8, 4) is 11.5 Å². The Balaban J connectivity index is 1.60. The molecule has 2 atom stereocenters. The van der Waals surface area contributed by atoms with Gasteiger partial charge in [0.2, 0.25) is 5.91 Å². The normalized spacial score (nSPS) is 22.4. The van der Waals surface area contributed by atoms with E-state index in [1.54, 1.807) is 14.2 Å². The van der Waals surface area contributed by atoms with Gasteiger partial charge >= 0.3 is 0 Å². The van der Waals surface area contributed by atoms with Crippen molar-refractivity contribution in [2.45, 2.75) is 64.0 Å². The lowest BCUT2D eigenvalue weighted by Gasteiger charge is -2.34. The standard InChI is InChI=1S/C22H34N2O3/c1-16(19-14-18(26-2)11-12-21(19)27-3)23-22(25)15-24-13-7-10-20(24)17-8-5-4-6-9-17/h11-12,14,16-17,20H,4-10,13,15H2,1-3H3,(H,23,25)/t16-,20-/m0/s1. The Bertz CT molecular complexity index is 628. The largest absolute Gasteiger partial charge is 0.497 e. The second kappa shape index (κ2) is 9.45. The maximum absolute atomic E-state index is 12.7. The van der Waals surface area contributed by atoms with Crippen LogP contribution in [0.1, 0.15) is 63.5 Å². The molecule has 1 saturated carbocycles. The maximum atomic E-state index is 12.7. The summed E-state index contributed by atoms with van der Waals surface area (Å²) in [5, 5.41) is 3.16. The summed E-state index contributed by atoms with van der Waals surface area (Å²) in [4.78, 5) is 15.2. The molecule has 1 amide bonds. The van der Waals surface area contributed by atoms with Gasteiger partial charge in [0.15, 0.2) is 0 Å². The predicted molar refractivity (Wildman–Crippen MR) is 107 cm³/mol. The number of ether oxygens (including phenoxy) is 2. The SMILES string of the molecule is COc1ccc(OC)c([C@H](C)NC(=O)CN2CCC[C@H]2C2CCCCC2)c1. The lowest BCUT2D eigenvalue weighted by molar-refractivity contribution is -0.123. The fourth-order valence-electron chi connectivity index (χ4n) is 4.83. The van der Waals surface area contributed by atoms with E-state index in [9.17, 15) is 4.79 Å². The molecule has 2 aliphatic rings. The van der Waals surface area contributed by atoms with Crippen molar-refractivity contribution in [3.63, 3.8) is 0 Å². The first kappa shape index (κ1) is 20.0. The van der Waals surface area contributed by atoms with E-state index in [0.29, 0.717) is 12.6 Å². The molecule has 2 fully saturated rings. The van der Waals surface area contributed by atoms with Gasteiger partial charge in [0.1, 0.15) is 11.5 Å². The number of nitrogens with zero attached hydrogens (tertiary/aromatic N) is 1. The third-order valence-corrected chi connectivity index (χ3v) is 6.24. The van der Waals surface area contributed by atoms with Gasteiger partial charge in [0, 0.05) is 11.6 Å². The van der Waals surface area contributed by atoms with Crippen LogP contribution in [0.2, 0.25) is 0 Å². The highest BCUT2D eigenvalue weighted by Crippen LogP contribution is 2.34. The van der Waals surface area contributed by atoms with Crippen LogP contribution < -0.4 is 14.8 Å². The number of rotatable bonds is 7. The van der Waals surface area contributed by atoms with Crippen molar-refractivity contribution in [1.82, 2.24) is 10.2 Å². The average molecular weight is 375 g/mol. The van der Waals surface area contributed by atoms with Gasteiger partial charge < -0.3 is 14.8 Å². The van der Waals surface area contributed by atoms with Gasteiger partial charge in [-0.05, 0) is 63.3 Å². The average Bonchev–Trinajstić information content (AvgIpc) is 3.15. The highest BCUT2D eigenvalue weighted by molar-refractivity contribution is 5.78. The Morgan fingerprint density at radius 1 is 1.15 bits per heavy atom. The summed E-state index contributed by atoms with van der Waals surface area (Å²) in [5.41, 5.74) is 0.940. The van der Waals surface area contributed by atoms with Crippen molar-refractivity contribution in [1.29, 1.82) is 0 Å². The molecule has 1 aliphatic carbocycles. The van der Waals surface area contributed by atoms with Crippen LogP contribution >= 0.6 is 0 Å². The third-order valence-electron chi connectivity index (χ3n) is 6.24. The van der Waals surface area contributed by atoms with E-state index >= 15 is 0 Å². The number of hydrogen-bond donors (Lipinski definition) is 1. The monoisotopic (exact) mass is 374 g/mol. The maximum Gasteiger partial charge on any atom is 0.234 e. The van der Waals surface area contributed by atoms with Crippen LogP contribution in [-0.2, 0) is 4.79 Å². The highest BCUT2D eigenvalue weighted by Gasteiger charge is 2.33. The third kappa shape index (κ3) is 4.95. The minimum Gasteiger partial charge on any atom is -0.497 e. The van der Waals surface area contributed by atoms with E-state index in [2.05, 4.69) is 10.2 Å². The van der Waals surface area contributed by atoms with Gasteiger partial charge in [0.05, 0.1) is 26.8 Å². The smallest absolute Gasteiger partial charge is 0.234 e. The Morgan fingerprint density at radius 2 is 1.93 bits per heavy atom. The van der Waals surface area contributed by atoms with Crippen LogP contribution in [0.15, 0.2) is 18.2 Å². The summed E-state index contributed by atoms with van der Waals surface area (Å²) in [5.74, 6) is 2.41. The Morgan fingerprint density at radius 3 is 2.63 bits per heavy atom. The molecule has 1 heterocycles. The Kier molecular flexibility index (Phi) is 7.00. The minimum atomic E-state index is -0.127. The molecule has 0 unspecified atom stereocenters. The first-order valence-corrected chi connectivity index (χ1v) is 10.4. The zero-order chi connectivity index (χ0) is 19.2. The zero-order valence-electron chi connectivity index (χ0n) is 17.0. The van der Waals surface area contributed by atoms with Gasteiger partial charge in [-0.25, -0.2) is 0 Å². The molecular weight excluding hydrogens is 340 g/mol. The second-order valence-electron chi connectivity index (χ2n) is 7.98. The molecule has 0 aromatic heterocycles. The van der Waals surface area contributed by atoms with Gasteiger partial charge in [-0.2, -0.15) is 0 Å². The lowest BCUT2D eigenvalue weighted by Crippen LogP contribution is -2.43. The second-order valence-corrected chi connectivity index (χ2v) is 7.98. The summed E-state index contributed by atoms with van der Waals surface area (Å²) in [6.45, 7) is 3.54. The molecule has 27 heavy (non-hydrogen) atoms. The molecule has 1 N–H and O–H groups in total. The number of carbonyl (C=O) groups is 1. The van der Waals surface area contributed by atoms with Crippen LogP contribution in [-0.4, -0.2) is 44.2 Å². The quantitative estimate of drug-likeness (QED) is 0.786. The fraction of sp³-hybridized carbons (Fsp3) is 0.682. The number of benzene rings is 1. The lowest BCUT2D eigenvalue weighted by atomic mass is 9.83. The zero-order valence-corrected chi connectivity index (χ0v) is 17.0. The Hall–Kier alpha value is -1.75. The summed E-state index contributed by atoms with van der Waals surface area (Å²) in [6.07, 6.45) is 9.22. The van der Waals surface area contributed by atoms with E-state index in [4.69, 9.17) is 9.47 Å². The van der Waals surface area contributed by atoms with Crippen LogP contribution in [0.25, 0.3) is 0 Å². The summed E-state index contributed by atoms with van der Waals surface area (Å²) < 4.78 is 10.8. The molecular formula is C22H34N2O3. The number of likely N-dealkylation sites (tertiary alicyclic amines) is 1. The number of hydrogen-bond acceptors (Lipinski definition) is 4. The van der Waals surface area contributed by atoms with Crippen LogP contribution in [0.3, 0.4) is 0 Å². The highest BCUT2D eigenvalue weighted by atomic mass is 16.5. The molecule has 150 valence electrons. The van der Waals surface area contributed by atoms with Gasteiger partial charge in [-0.15, -0.1) is 0 Å². The molecule has 5 heteroatoms. The summed E-state index contributed by atoms with van der Waals surface area (Å²) in [7, 11) is 3.30. The van der Waals surface area contributed by atoms with Crippen LogP contribution in [0, 0.1) is 5.92 Å². The van der Waals surface area contributed by atoms with Crippen molar-refractivity contribution in [2.24, 2.45) is 5.92 Å².